The second-order valence-corrected chi connectivity index (χ2v) is 6.02. The molecule has 8 nitrogen and oxygen atoms in total. The van der Waals surface area contributed by atoms with Crippen molar-refractivity contribution >= 4 is 29.9 Å². The van der Waals surface area contributed by atoms with Crippen LogP contribution >= 0.6 is 12.2 Å². The molecule has 2 aromatic rings. The first-order chi connectivity index (χ1) is 11.2. The summed E-state index contributed by atoms with van der Waals surface area (Å²) in [5.74, 6) is 1.86. The van der Waals surface area contributed by atoms with Gasteiger partial charge in [0.25, 0.3) is 5.78 Å². The highest BCUT2D eigenvalue weighted by Gasteiger charge is 2.17. The Labute approximate surface area is 140 Å². The van der Waals surface area contributed by atoms with Gasteiger partial charge in [0.2, 0.25) is 16.7 Å². The van der Waals surface area contributed by atoms with Crippen LogP contribution in [0.2, 0.25) is 0 Å². The van der Waals surface area contributed by atoms with Crippen LogP contribution < -0.4 is 10.6 Å². The molecule has 3 rings (SSSR count). The molecule has 0 bridgehead atoms. The average molecular weight is 336 g/mol. The molecular formula is C14H24N8S. The Balaban J connectivity index is 2.02. The normalized spacial score (nSPS) is 15.9. The van der Waals surface area contributed by atoms with Crippen LogP contribution in [0.5, 0.6) is 0 Å². The highest BCUT2D eigenvalue weighted by molar-refractivity contribution is 7.71. The largest absolute Gasteiger partial charge is 0.354 e. The van der Waals surface area contributed by atoms with Crippen LogP contribution in [0.1, 0.15) is 33.1 Å². The number of fused-ring (bicyclic) bond motifs is 1. The van der Waals surface area contributed by atoms with Crippen LogP contribution in [0, 0.1) is 4.77 Å². The van der Waals surface area contributed by atoms with Gasteiger partial charge in [0.1, 0.15) is 0 Å². The molecule has 1 fully saturated rings. The van der Waals surface area contributed by atoms with E-state index in [9.17, 15) is 0 Å². The molecule has 9 heteroatoms. The molecule has 2 aromatic heterocycles. The second kappa shape index (κ2) is 7.22. The Morgan fingerprint density at radius 1 is 1.00 bits per heavy atom. The lowest BCUT2D eigenvalue weighted by Gasteiger charge is -2.26. The topological polar surface area (TPSA) is 75.3 Å². The molecule has 0 spiro atoms. The molecular weight excluding hydrogens is 312 g/mol. The van der Waals surface area contributed by atoms with Gasteiger partial charge in [0.15, 0.2) is 0 Å². The molecule has 126 valence electrons. The number of likely N-dealkylation sites (tertiary alicyclic amines) is 1. The molecule has 0 radical (unpaired) electrons. The van der Waals surface area contributed by atoms with E-state index in [1.807, 2.05) is 23.0 Å². The third-order valence-corrected chi connectivity index (χ3v) is 4.22. The van der Waals surface area contributed by atoms with Crippen LogP contribution in [-0.2, 0) is 6.67 Å². The van der Waals surface area contributed by atoms with Gasteiger partial charge in [-0.3, -0.25) is 4.90 Å². The molecule has 0 amide bonds. The Bertz CT molecular complexity index is 715. The minimum atomic E-state index is 0.540. The number of nitrogens with zero attached hydrogens (tertiary/aromatic N) is 6. The van der Waals surface area contributed by atoms with Crippen LogP contribution in [-0.4, -0.2) is 55.2 Å². The Hall–Kier alpha value is -1.74. The number of piperidine rings is 1. The fourth-order valence-corrected chi connectivity index (χ4v) is 3.08. The fourth-order valence-electron chi connectivity index (χ4n) is 2.86. The molecule has 3 heterocycles. The van der Waals surface area contributed by atoms with Crippen molar-refractivity contribution < 1.29 is 0 Å². The van der Waals surface area contributed by atoms with E-state index in [-0.39, 0.29) is 0 Å². The van der Waals surface area contributed by atoms with Crippen molar-refractivity contribution in [3.63, 3.8) is 0 Å². The number of rotatable bonds is 6. The van der Waals surface area contributed by atoms with Gasteiger partial charge in [0, 0.05) is 13.1 Å². The summed E-state index contributed by atoms with van der Waals surface area (Å²) in [6.45, 7) is 8.51. The number of hydrogen-bond donors (Lipinski definition) is 2. The summed E-state index contributed by atoms with van der Waals surface area (Å²) in [5.41, 5.74) is 0. The summed E-state index contributed by atoms with van der Waals surface area (Å²) in [5, 5.41) is 6.43. The first kappa shape index (κ1) is 16.1. The van der Waals surface area contributed by atoms with Crippen molar-refractivity contribution in [3.05, 3.63) is 4.77 Å². The standard InChI is InChI=1S/C14H24N8S/c1-3-15-11-17-12(16-4-2)22-13(18-11)19-14(23)21(22)10-20-8-6-5-7-9-20/h3-10H2,1-2H3,(H2,15,16,17,18,19,23). The van der Waals surface area contributed by atoms with Gasteiger partial charge in [-0.05, 0) is 52.0 Å². The zero-order valence-electron chi connectivity index (χ0n) is 13.7. The molecule has 0 unspecified atom stereocenters. The minimum Gasteiger partial charge on any atom is -0.354 e. The summed E-state index contributed by atoms with van der Waals surface area (Å²) < 4.78 is 4.41. The molecule has 23 heavy (non-hydrogen) atoms. The van der Waals surface area contributed by atoms with Crippen molar-refractivity contribution in [3.8, 4) is 0 Å². The zero-order valence-corrected chi connectivity index (χ0v) is 14.6. The quantitative estimate of drug-likeness (QED) is 0.781. The van der Waals surface area contributed by atoms with Crippen LogP contribution in [0.3, 0.4) is 0 Å². The van der Waals surface area contributed by atoms with E-state index >= 15 is 0 Å². The van der Waals surface area contributed by atoms with Gasteiger partial charge < -0.3 is 10.6 Å². The van der Waals surface area contributed by atoms with Gasteiger partial charge in [0.05, 0.1) is 6.67 Å². The SMILES string of the molecule is CCNc1nc(NCC)n2c(n1)nc(=S)n2CN1CCCCC1. The Morgan fingerprint density at radius 3 is 2.43 bits per heavy atom. The first-order valence-electron chi connectivity index (χ1n) is 8.30. The second-order valence-electron chi connectivity index (χ2n) is 5.66. The van der Waals surface area contributed by atoms with E-state index in [4.69, 9.17) is 12.2 Å². The maximum Gasteiger partial charge on any atom is 0.258 e. The van der Waals surface area contributed by atoms with Crippen molar-refractivity contribution in [2.75, 3.05) is 36.8 Å². The monoisotopic (exact) mass is 336 g/mol. The van der Waals surface area contributed by atoms with Gasteiger partial charge >= 0.3 is 0 Å². The van der Waals surface area contributed by atoms with E-state index in [0.717, 1.165) is 32.8 Å². The van der Waals surface area contributed by atoms with Gasteiger partial charge in [-0.1, -0.05) is 6.42 Å². The van der Waals surface area contributed by atoms with Crippen LogP contribution in [0.15, 0.2) is 0 Å². The lowest BCUT2D eigenvalue weighted by Crippen LogP contribution is -2.33. The van der Waals surface area contributed by atoms with Gasteiger partial charge in [-0.2, -0.15) is 19.5 Å². The smallest absolute Gasteiger partial charge is 0.258 e. The molecule has 0 aromatic carbocycles. The summed E-state index contributed by atoms with van der Waals surface area (Å²) in [4.78, 5) is 15.9. The van der Waals surface area contributed by atoms with Crippen LogP contribution in [0.25, 0.3) is 5.78 Å². The molecule has 1 aliphatic heterocycles. The summed E-state index contributed by atoms with van der Waals surface area (Å²) in [6, 6.07) is 0. The molecule has 0 atom stereocenters. The molecule has 2 N–H and O–H groups in total. The predicted octanol–water partition coefficient (Wildman–Crippen LogP) is 1.96. The lowest BCUT2D eigenvalue weighted by molar-refractivity contribution is 0.169. The van der Waals surface area contributed by atoms with E-state index < -0.39 is 0 Å². The highest BCUT2D eigenvalue weighted by atomic mass is 32.1. The fraction of sp³-hybridized carbons (Fsp3) is 0.714. The molecule has 0 saturated carbocycles. The zero-order chi connectivity index (χ0) is 16.2. The first-order valence-corrected chi connectivity index (χ1v) is 8.71. The highest BCUT2D eigenvalue weighted by Crippen LogP contribution is 2.15. The van der Waals surface area contributed by atoms with Crippen molar-refractivity contribution in [2.45, 2.75) is 39.8 Å². The van der Waals surface area contributed by atoms with E-state index in [1.54, 1.807) is 0 Å². The molecule has 0 aliphatic carbocycles. The minimum absolute atomic E-state index is 0.540. The third-order valence-electron chi connectivity index (χ3n) is 3.92. The van der Waals surface area contributed by atoms with Crippen molar-refractivity contribution in [2.24, 2.45) is 0 Å². The number of nitrogens with one attached hydrogen (secondary N) is 2. The van der Waals surface area contributed by atoms with E-state index in [1.165, 1.54) is 19.3 Å². The van der Waals surface area contributed by atoms with E-state index in [2.05, 4.69) is 30.5 Å². The lowest BCUT2D eigenvalue weighted by atomic mass is 10.1. The molecule has 1 saturated heterocycles. The molecule has 1 aliphatic rings. The number of anilines is 2. The predicted molar refractivity (Wildman–Crippen MR) is 93.4 cm³/mol. The summed E-state index contributed by atoms with van der Waals surface area (Å²) in [6.07, 6.45) is 3.79. The number of aromatic nitrogens is 5. The van der Waals surface area contributed by atoms with Gasteiger partial charge in [-0.15, -0.1) is 0 Å². The average Bonchev–Trinajstić information content (AvgIpc) is 2.85. The third kappa shape index (κ3) is 3.45. The maximum atomic E-state index is 5.46. The van der Waals surface area contributed by atoms with Crippen LogP contribution in [0.4, 0.5) is 11.9 Å². The van der Waals surface area contributed by atoms with Gasteiger partial charge in [-0.25, -0.2) is 4.68 Å². The summed E-state index contributed by atoms with van der Waals surface area (Å²) in [7, 11) is 0. The maximum absolute atomic E-state index is 5.46. The summed E-state index contributed by atoms with van der Waals surface area (Å²) >= 11 is 5.46. The van der Waals surface area contributed by atoms with Crippen molar-refractivity contribution in [1.82, 2.24) is 29.0 Å². The Morgan fingerprint density at radius 2 is 1.74 bits per heavy atom. The number of hydrogen-bond acceptors (Lipinski definition) is 7. The Kier molecular flexibility index (Phi) is 5.06. The van der Waals surface area contributed by atoms with Crippen molar-refractivity contribution in [1.29, 1.82) is 0 Å². The van der Waals surface area contributed by atoms with E-state index in [0.29, 0.717) is 22.4 Å².